The van der Waals surface area contributed by atoms with Gasteiger partial charge in [0.05, 0.1) is 13.1 Å². The van der Waals surface area contributed by atoms with E-state index < -0.39 is 0 Å². The van der Waals surface area contributed by atoms with Gasteiger partial charge in [0.25, 0.3) is 0 Å². The topological polar surface area (TPSA) is 68.8 Å². The molecular formula is C11H15N5O. The molecule has 2 aromatic rings. The Hall–Kier alpha value is -1.69. The maximum atomic E-state index is 5.23. The smallest absolute Gasteiger partial charge is 0.229 e. The highest BCUT2D eigenvalue weighted by Gasteiger charge is 2.29. The van der Waals surface area contributed by atoms with Crippen molar-refractivity contribution < 1.29 is 4.52 Å². The minimum absolute atomic E-state index is 0.510. The molecule has 17 heavy (non-hydrogen) atoms. The number of rotatable bonds is 5. The van der Waals surface area contributed by atoms with Gasteiger partial charge in [-0.1, -0.05) is 5.16 Å². The van der Waals surface area contributed by atoms with E-state index in [0.29, 0.717) is 12.5 Å². The third kappa shape index (κ3) is 2.21. The van der Waals surface area contributed by atoms with Gasteiger partial charge in [0, 0.05) is 18.3 Å². The fraction of sp³-hybridized carbons (Fsp3) is 0.545. The summed E-state index contributed by atoms with van der Waals surface area (Å²) in [6.45, 7) is 1.35. The molecule has 2 aromatic heterocycles. The molecule has 90 valence electrons. The normalized spacial score (nSPS) is 15.4. The van der Waals surface area contributed by atoms with Gasteiger partial charge in [-0.05, 0) is 19.9 Å². The number of hydrogen-bond donors (Lipinski definition) is 1. The van der Waals surface area contributed by atoms with Crippen LogP contribution in [0, 0.1) is 0 Å². The van der Waals surface area contributed by atoms with Gasteiger partial charge in [-0.3, -0.25) is 0 Å². The van der Waals surface area contributed by atoms with Crippen LogP contribution in [0.4, 0.5) is 0 Å². The summed E-state index contributed by atoms with van der Waals surface area (Å²) in [5.74, 6) is 3.00. The lowest BCUT2D eigenvalue weighted by atomic mass is 10.4. The van der Waals surface area contributed by atoms with E-state index in [4.69, 9.17) is 4.52 Å². The predicted molar refractivity (Wildman–Crippen MR) is 60.4 cm³/mol. The minimum Gasteiger partial charge on any atom is -0.339 e. The van der Waals surface area contributed by atoms with E-state index in [1.54, 1.807) is 6.20 Å². The van der Waals surface area contributed by atoms with Crippen LogP contribution in [0.2, 0.25) is 0 Å². The Morgan fingerprint density at radius 2 is 2.41 bits per heavy atom. The first-order valence-corrected chi connectivity index (χ1v) is 5.84. The monoisotopic (exact) mass is 233 g/mol. The van der Waals surface area contributed by atoms with Crippen LogP contribution in [0.15, 0.2) is 16.9 Å². The Balaban J connectivity index is 1.73. The van der Waals surface area contributed by atoms with Gasteiger partial charge in [0.2, 0.25) is 5.89 Å². The fourth-order valence-corrected chi connectivity index (χ4v) is 1.79. The number of nitrogens with one attached hydrogen (secondary N) is 1. The molecule has 0 saturated heterocycles. The van der Waals surface area contributed by atoms with Crippen molar-refractivity contribution in [1.29, 1.82) is 0 Å². The van der Waals surface area contributed by atoms with E-state index >= 15 is 0 Å². The maximum absolute atomic E-state index is 5.23. The lowest BCUT2D eigenvalue weighted by molar-refractivity contribution is 0.373. The Morgan fingerprint density at radius 1 is 1.53 bits per heavy atom. The summed E-state index contributed by atoms with van der Waals surface area (Å²) in [6.07, 6.45) is 6.07. The number of aromatic nitrogens is 4. The maximum Gasteiger partial charge on any atom is 0.229 e. The van der Waals surface area contributed by atoms with Crippen molar-refractivity contribution in [3.8, 4) is 0 Å². The zero-order valence-corrected chi connectivity index (χ0v) is 9.76. The van der Waals surface area contributed by atoms with Gasteiger partial charge in [0.1, 0.15) is 5.82 Å². The Labute approximate surface area is 99.0 Å². The third-order valence-corrected chi connectivity index (χ3v) is 2.86. The van der Waals surface area contributed by atoms with Crippen LogP contribution in [0.3, 0.4) is 0 Å². The van der Waals surface area contributed by atoms with Crippen molar-refractivity contribution >= 4 is 0 Å². The van der Waals surface area contributed by atoms with Crippen LogP contribution in [-0.2, 0) is 13.1 Å². The van der Waals surface area contributed by atoms with E-state index in [-0.39, 0.29) is 0 Å². The molecule has 0 atom stereocenters. The molecule has 6 heteroatoms. The SMILES string of the molecule is CNCc1nccn1Cc1noc(C2CC2)n1. The highest BCUT2D eigenvalue weighted by Crippen LogP contribution is 2.38. The summed E-state index contributed by atoms with van der Waals surface area (Å²) < 4.78 is 7.25. The van der Waals surface area contributed by atoms with Crippen LogP contribution >= 0.6 is 0 Å². The average Bonchev–Trinajstić information content (AvgIpc) is 2.93. The number of imidazole rings is 1. The van der Waals surface area contributed by atoms with Crippen molar-refractivity contribution in [2.45, 2.75) is 31.8 Å². The van der Waals surface area contributed by atoms with Gasteiger partial charge in [-0.25, -0.2) is 4.98 Å². The molecule has 0 bridgehead atoms. The minimum atomic E-state index is 0.510. The zero-order chi connectivity index (χ0) is 11.7. The lowest BCUT2D eigenvalue weighted by Gasteiger charge is -2.03. The van der Waals surface area contributed by atoms with E-state index in [2.05, 4.69) is 20.4 Å². The first kappa shape index (κ1) is 10.5. The van der Waals surface area contributed by atoms with Crippen LogP contribution in [0.25, 0.3) is 0 Å². The molecular weight excluding hydrogens is 218 g/mol. The molecule has 1 saturated carbocycles. The highest BCUT2D eigenvalue weighted by atomic mass is 16.5. The predicted octanol–water partition coefficient (Wildman–Crippen LogP) is 0.911. The second-order valence-electron chi connectivity index (χ2n) is 4.32. The van der Waals surface area contributed by atoms with Crippen molar-refractivity contribution in [3.63, 3.8) is 0 Å². The molecule has 0 aromatic carbocycles. The van der Waals surface area contributed by atoms with Gasteiger partial charge >= 0.3 is 0 Å². The molecule has 0 radical (unpaired) electrons. The first-order valence-electron chi connectivity index (χ1n) is 5.84. The molecule has 1 aliphatic rings. The summed E-state index contributed by atoms with van der Waals surface area (Å²) in [4.78, 5) is 8.67. The van der Waals surface area contributed by atoms with Gasteiger partial charge in [0.15, 0.2) is 5.82 Å². The molecule has 0 spiro atoms. The van der Waals surface area contributed by atoms with Crippen LogP contribution in [0.1, 0.15) is 36.3 Å². The summed E-state index contributed by atoms with van der Waals surface area (Å²) in [5.41, 5.74) is 0. The summed E-state index contributed by atoms with van der Waals surface area (Å²) in [6, 6.07) is 0. The molecule has 2 heterocycles. The summed E-state index contributed by atoms with van der Waals surface area (Å²) >= 11 is 0. The quantitative estimate of drug-likeness (QED) is 0.831. The molecule has 0 amide bonds. The Kier molecular flexibility index (Phi) is 2.64. The Bertz CT molecular complexity index is 499. The molecule has 1 N–H and O–H groups in total. The molecule has 3 rings (SSSR count). The third-order valence-electron chi connectivity index (χ3n) is 2.86. The Morgan fingerprint density at radius 3 is 3.18 bits per heavy atom. The standard InChI is InChI=1S/C11H15N5O/c1-12-6-10-13-4-5-16(10)7-9-14-11(17-15-9)8-2-3-8/h4-5,8,12H,2-3,6-7H2,1H3. The number of hydrogen-bond acceptors (Lipinski definition) is 5. The van der Waals surface area contributed by atoms with E-state index in [0.717, 1.165) is 24.1 Å². The molecule has 0 unspecified atom stereocenters. The summed E-state index contributed by atoms with van der Waals surface area (Å²) in [7, 11) is 1.90. The van der Waals surface area contributed by atoms with E-state index in [1.165, 1.54) is 12.8 Å². The van der Waals surface area contributed by atoms with Crippen LogP contribution < -0.4 is 5.32 Å². The second-order valence-corrected chi connectivity index (χ2v) is 4.32. The lowest BCUT2D eigenvalue weighted by Crippen LogP contribution is -2.13. The van der Waals surface area contributed by atoms with Crippen molar-refractivity contribution in [1.82, 2.24) is 25.0 Å². The van der Waals surface area contributed by atoms with E-state index in [1.807, 2.05) is 17.8 Å². The van der Waals surface area contributed by atoms with Crippen molar-refractivity contribution in [2.24, 2.45) is 0 Å². The van der Waals surface area contributed by atoms with Crippen LogP contribution in [0.5, 0.6) is 0 Å². The zero-order valence-electron chi connectivity index (χ0n) is 9.76. The van der Waals surface area contributed by atoms with Gasteiger partial charge in [-0.2, -0.15) is 4.98 Å². The molecule has 1 aliphatic carbocycles. The average molecular weight is 233 g/mol. The van der Waals surface area contributed by atoms with Gasteiger partial charge < -0.3 is 14.4 Å². The van der Waals surface area contributed by atoms with Crippen molar-refractivity contribution in [2.75, 3.05) is 7.05 Å². The van der Waals surface area contributed by atoms with Gasteiger partial charge in [-0.15, -0.1) is 0 Å². The highest BCUT2D eigenvalue weighted by molar-refractivity contribution is 5.03. The second kappa shape index (κ2) is 4.29. The first-order chi connectivity index (χ1) is 8.36. The summed E-state index contributed by atoms with van der Waals surface area (Å²) in [5, 5.41) is 7.08. The number of nitrogens with zero attached hydrogens (tertiary/aromatic N) is 4. The van der Waals surface area contributed by atoms with E-state index in [9.17, 15) is 0 Å². The largest absolute Gasteiger partial charge is 0.339 e. The molecule has 6 nitrogen and oxygen atoms in total. The van der Waals surface area contributed by atoms with Crippen LogP contribution in [-0.4, -0.2) is 26.7 Å². The molecule has 1 fully saturated rings. The fourth-order valence-electron chi connectivity index (χ4n) is 1.79. The van der Waals surface area contributed by atoms with Crippen molar-refractivity contribution in [3.05, 3.63) is 29.9 Å². The molecule has 0 aliphatic heterocycles.